The zero-order valence-electron chi connectivity index (χ0n) is 17.3. The Balaban J connectivity index is 6.35. The monoisotopic (exact) mass is 608 g/mol. The SMILES string of the molecule is O=C(O)/C(CCC(F)(F)C(F)(F)C(F)(F)C(F)(F)F)=C(/CCC(F)(F)C(F)(F)C(F)(F)C(F)(F)F)C(=O)O. The zero-order chi connectivity index (χ0) is 31.1. The predicted octanol–water partition coefficient (Wildman–Crippen LogP) is 6.95. The van der Waals surface area contributed by atoms with Crippen LogP contribution in [-0.4, -0.2) is 70.0 Å². The van der Waals surface area contributed by atoms with E-state index in [0.717, 1.165) is 0 Å². The minimum atomic E-state index is -7.47. The van der Waals surface area contributed by atoms with Gasteiger partial charge in [-0.05, 0) is 12.8 Å². The number of carboxylic acid groups (broad SMARTS) is 2. The molecule has 0 atom stereocenters. The van der Waals surface area contributed by atoms with E-state index in [2.05, 4.69) is 0 Å². The molecule has 224 valence electrons. The lowest BCUT2D eigenvalue weighted by Gasteiger charge is -2.34. The standard InChI is InChI=1S/C16H10F18O4/c17-9(18,11(21,22)13(25,26)15(29,30)31)3-1-5(7(35)36)6(8(37)38)2-4-10(19,20)12(23,24)14(27,28)16(32,33)34/h1-4H2,(H,35,36)(H,37,38)/b6-5-. The van der Waals surface area contributed by atoms with Gasteiger partial charge in [-0.15, -0.1) is 0 Å². The molecule has 0 heterocycles. The maximum atomic E-state index is 13.6. The quantitative estimate of drug-likeness (QED) is 0.186. The van der Waals surface area contributed by atoms with Gasteiger partial charge in [-0.25, -0.2) is 9.59 Å². The molecule has 0 aromatic carbocycles. The summed E-state index contributed by atoms with van der Waals surface area (Å²) in [5.41, 5.74) is -4.55. The van der Waals surface area contributed by atoms with Gasteiger partial charge in [0.25, 0.3) is 0 Å². The van der Waals surface area contributed by atoms with Gasteiger partial charge in [0.15, 0.2) is 0 Å². The largest absolute Gasteiger partial charge is 0.478 e. The first-order chi connectivity index (χ1) is 16.3. The molecule has 0 spiro atoms. The van der Waals surface area contributed by atoms with Gasteiger partial charge in [0, 0.05) is 24.0 Å². The molecule has 0 radical (unpaired) electrons. The average molecular weight is 608 g/mol. The van der Waals surface area contributed by atoms with E-state index in [9.17, 15) is 88.6 Å². The topological polar surface area (TPSA) is 74.6 Å². The van der Waals surface area contributed by atoms with Gasteiger partial charge in [-0.2, -0.15) is 79.0 Å². The van der Waals surface area contributed by atoms with Gasteiger partial charge < -0.3 is 10.2 Å². The predicted molar refractivity (Wildman–Crippen MR) is 82.6 cm³/mol. The van der Waals surface area contributed by atoms with Crippen LogP contribution in [0.2, 0.25) is 0 Å². The second-order valence-corrected chi connectivity index (χ2v) is 7.27. The third kappa shape index (κ3) is 6.18. The number of carboxylic acids is 2. The molecule has 0 rings (SSSR count). The lowest BCUT2D eigenvalue weighted by molar-refractivity contribution is -0.396. The number of hydrogen-bond acceptors (Lipinski definition) is 2. The Labute approximate surface area is 196 Å². The van der Waals surface area contributed by atoms with Crippen molar-refractivity contribution in [2.24, 2.45) is 0 Å². The van der Waals surface area contributed by atoms with Gasteiger partial charge in [-0.3, -0.25) is 0 Å². The van der Waals surface area contributed by atoms with Crippen molar-refractivity contribution in [3.63, 3.8) is 0 Å². The maximum Gasteiger partial charge on any atom is 0.460 e. The van der Waals surface area contributed by atoms with Crippen LogP contribution in [-0.2, 0) is 9.59 Å². The number of rotatable bonds is 12. The van der Waals surface area contributed by atoms with E-state index in [1.165, 1.54) is 0 Å². The van der Waals surface area contributed by atoms with Crippen LogP contribution >= 0.6 is 0 Å². The van der Waals surface area contributed by atoms with Gasteiger partial charge in [0.1, 0.15) is 0 Å². The molecule has 38 heavy (non-hydrogen) atoms. The highest BCUT2D eigenvalue weighted by atomic mass is 19.4. The lowest BCUT2D eigenvalue weighted by Crippen LogP contribution is -2.60. The molecular formula is C16H10F18O4. The molecule has 0 bridgehead atoms. The van der Waals surface area contributed by atoms with E-state index in [4.69, 9.17) is 10.2 Å². The van der Waals surface area contributed by atoms with Crippen LogP contribution in [0.4, 0.5) is 79.0 Å². The first-order valence-electron chi connectivity index (χ1n) is 8.92. The van der Waals surface area contributed by atoms with Gasteiger partial charge >= 0.3 is 59.8 Å². The van der Waals surface area contributed by atoms with Crippen molar-refractivity contribution in [2.45, 2.75) is 73.6 Å². The van der Waals surface area contributed by atoms with E-state index in [1.807, 2.05) is 0 Å². The number of aliphatic carboxylic acids is 2. The van der Waals surface area contributed by atoms with Crippen molar-refractivity contribution < 1.29 is 98.8 Å². The smallest absolute Gasteiger partial charge is 0.460 e. The Kier molecular flexibility index (Phi) is 9.50. The molecule has 0 aliphatic rings. The molecule has 0 aromatic rings. The normalized spacial score (nSPS) is 15.8. The Bertz CT molecular complexity index is 854. The van der Waals surface area contributed by atoms with Gasteiger partial charge in [-0.1, -0.05) is 0 Å². The summed E-state index contributed by atoms with van der Waals surface area (Å²) in [7, 11) is 0. The maximum absolute atomic E-state index is 13.6. The first kappa shape index (κ1) is 35.4. The van der Waals surface area contributed by atoms with E-state index in [0.29, 0.717) is 0 Å². The van der Waals surface area contributed by atoms with Crippen LogP contribution in [0.3, 0.4) is 0 Å². The molecular weight excluding hydrogens is 598 g/mol. The van der Waals surface area contributed by atoms with Crippen molar-refractivity contribution in [2.75, 3.05) is 0 Å². The third-order valence-corrected chi connectivity index (χ3v) is 4.68. The summed E-state index contributed by atoms with van der Waals surface area (Å²) < 4.78 is 231. The van der Waals surface area contributed by atoms with Crippen LogP contribution in [0, 0.1) is 0 Å². The van der Waals surface area contributed by atoms with E-state index < -0.39 is 96.7 Å². The molecule has 22 heteroatoms. The van der Waals surface area contributed by atoms with E-state index in [-0.39, 0.29) is 0 Å². The van der Waals surface area contributed by atoms with Crippen LogP contribution in [0.25, 0.3) is 0 Å². The molecule has 0 unspecified atom stereocenters. The molecule has 0 aliphatic carbocycles. The molecule has 2 N–H and O–H groups in total. The number of carbonyl (C=O) groups is 2. The highest BCUT2D eigenvalue weighted by molar-refractivity contribution is 5.98. The van der Waals surface area contributed by atoms with Crippen LogP contribution in [0.1, 0.15) is 25.7 Å². The summed E-state index contributed by atoms with van der Waals surface area (Å²) in [5.74, 6) is -48.3. The summed E-state index contributed by atoms with van der Waals surface area (Å²) in [6.07, 6.45) is -25.7. The Morgan fingerprint density at radius 3 is 0.789 bits per heavy atom. The average Bonchev–Trinajstić information content (AvgIpc) is 2.67. The van der Waals surface area contributed by atoms with Crippen molar-refractivity contribution in [1.29, 1.82) is 0 Å². The summed E-state index contributed by atoms with van der Waals surface area (Å²) >= 11 is 0. The second kappa shape index (κ2) is 10.2. The van der Waals surface area contributed by atoms with E-state index in [1.54, 1.807) is 0 Å². The molecule has 0 amide bonds. The molecule has 0 saturated carbocycles. The van der Waals surface area contributed by atoms with E-state index >= 15 is 0 Å². The summed E-state index contributed by atoms with van der Waals surface area (Å²) in [6, 6.07) is 0. The molecule has 0 saturated heterocycles. The minimum absolute atomic E-state index is 2.27. The summed E-state index contributed by atoms with van der Waals surface area (Å²) in [4.78, 5) is 22.2. The highest BCUT2D eigenvalue weighted by Gasteiger charge is 2.82. The fraction of sp³-hybridized carbons (Fsp3) is 0.750. The van der Waals surface area contributed by atoms with Crippen molar-refractivity contribution in [3.8, 4) is 0 Å². The van der Waals surface area contributed by atoms with Crippen molar-refractivity contribution >= 4 is 11.9 Å². The summed E-state index contributed by atoms with van der Waals surface area (Å²) in [6.45, 7) is 0. The minimum Gasteiger partial charge on any atom is -0.478 e. The van der Waals surface area contributed by atoms with Gasteiger partial charge in [0.2, 0.25) is 0 Å². The zero-order valence-corrected chi connectivity index (χ0v) is 17.3. The summed E-state index contributed by atoms with van der Waals surface area (Å²) in [5, 5.41) is 17.6. The number of alkyl halides is 18. The Hall–Kier alpha value is -2.58. The molecule has 0 aromatic heterocycles. The third-order valence-electron chi connectivity index (χ3n) is 4.68. The second-order valence-electron chi connectivity index (χ2n) is 7.27. The van der Waals surface area contributed by atoms with Crippen molar-refractivity contribution in [3.05, 3.63) is 11.1 Å². The fourth-order valence-electron chi connectivity index (χ4n) is 2.47. The van der Waals surface area contributed by atoms with Crippen LogP contribution in [0.5, 0.6) is 0 Å². The van der Waals surface area contributed by atoms with Gasteiger partial charge in [0.05, 0.1) is 0 Å². The number of halogens is 18. The Morgan fingerprint density at radius 2 is 0.632 bits per heavy atom. The molecule has 0 fully saturated rings. The molecule has 4 nitrogen and oxygen atoms in total. The van der Waals surface area contributed by atoms with Crippen LogP contribution in [0.15, 0.2) is 11.1 Å². The fourth-order valence-corrected chi connectivity index (χ4v) is 2.47. The highest BCUT2D eigenvalue weighted by Crippen LogP contribution is 2.56. The van der Waals surface area contributed by atoms with Crippen molar-refractivity contribution in [1.82, 2.24) is 0 Å². The Morgan fingerprint density at radius 1 is 0.421 bits per heavy atom. The number of hydrogen-bond donors (Lipinski definition) is 2. The lowest BCUT2D eigenvalue weighted by atomic mass is 9.91. The molecule has 0 aliphatic heterocycles. The van der Waals surface area contributed by atoms with Crippen LogP contribution < -0.4 is 0 Å². The first-order valence-corrected chi connectivity index (χ1v) is 8.92.